The van der Waals surface area contributed by atoms with E-state index in [-0.39, 0.29) is 30.6 Å². The number of ether oxygens (including phenoxy) is 2. The molecule has 3 aliphatic rings. The lowest BCUT2D eigenvalue weighted by Gasteiger charge is -2.36. The summed E-state index contributed by atoms with van der Waals surface area (Å²) < 4.78 is 11.0. The largest absolute Gasteiger partial charge is 0.481 e. The van der Waals surface area contributed by atoms with Crippen LogP contribution in [0.2, 0.25) is 0 Å². The summed E-state index contributed by atoms with van der Waals surface area (Å²) in [5.41, 5.74) is -0.549. The number of aliphatic carboxylic acids is 1. The third-order valence-corrected chi connectivity index (χ3v) is 5.97. The SMILES string of the molecule is CC(C)(C)OC(=O)N1CCCCC1CCOC(=O)C1C2C=CC(C2)C1C(=O)O. The van der Waals surface area contributed by atoms with E-state index in [2.05, 4.69) is 0 Å². The summed E-state index contributed by atoms with van der Waals surface area (Å²) in [5.74, 6) is -2.74. The van der Waals surface area contributed by atoms with E-state index in [1.807, 2.05) is 32.9 Å². The molecule has 2 aliphatic carbocycles. The van der Waals surface area contributed by atoms with Crippen LogP contribution in [-0.2, 0) is 19.1 Å². The van der Waals surface area contributed by atoms with Crippen LogP contribution in [0.3, 0.4) is 0 Å². The zero-order valence-electron chi connectivity index (χ0n) is 16.9. The van der Waals surface area contributed by atoms with Gasteiger partial charge in [0.1, 0.15) is 5.60 Å². The van der Waals surface area contributed by atoms with Crippen LogP contribution in [0.25, 0.3) is 0 Å². The first-order valence-corrected chi connectivity index (χ1v) is 10.2. The number of piperidine rings is 1. The van der Waals surface area contributed by atoms with E-state index in [4.69, 9.17) is 9.47 Å². The average Bonchev–Trinajstić information content (AvgIpc) is 3.21. The molecule has 0 aromatic carbocycles. The molecular weight excluding hydrogens is 362 g/mol. The van der Waals surface area contributed by atoms with Gasteiger partial charge in [-0.1, -0.05) is 12.2 Å². The Labute approximate surface area is 166 Å². The molecule has 0 radical (unpaired) electrons. The summed E-state index contributed by atoms with van der Waals surface area (Å²) in [6.07, 6.45) is 7.60. The first-order valence-electron chi connectivity index (χ1n) is 10.2. The van der Waals surface area contributed by atoms with Crippen molar-refractivity contribution in [1.29, 1.82) is 0 Å². The van der Waals surface area contributed by atoms with E-state index >= 15 is 0 Å². The van der Waals surface area contributed by atoms with E-state index in [1.54, 1.807) is 4.90 Å². The summed E-state index contributed by atoms with van der Waals surface area (Å²) in [7, 11) is 0. The number of esters is 1. The molecule has 7 nitrogen and oxygen atoms in total. The van der Waals surface area contributed by atoms with Crippen LogP contribution in [0, 0.1) is 23.7 Å². The first kappa shape index (κ1) is 20.7. The van der Waals surface area contributed by atoms with Crippen molar-refractivity contribution in [3.05, 3.63) is 12.2 Å². The van der Waals surface area contributed by atoms with E-state index in [0.29, 0.717) is 19.4 Å². The zero-order valence-corrected chi connectivity index (χ0v) is 16.9. The first-order chi connectivity index (χ1) is 13.2. The Kier molecular flexibility index (Phi) is 6.01. The molecule has 28 heavy (non-hydrogen) atoms. The van der Waals surface area contributed by atoms with Crippen LogP contribution >= 0.6 is 0 Å². The van der Waals surface area contributed by atoms with Crippen molar-refractivity contribution < 1.29 is 29.0 Å². The summed E-state index contributed by atoms with van der Waals surface area (Å²) in [6, 6.07) is -0.0217. The van der Waals surface area contributed by atoms with Crippen molar-refractivity contribution >= 4 is 18.0 Å². The number of rotatable bonds is 5. The summed E-state index contributed by atoms with van der Waals surface area (Å²) in [6.45, 7) is 6.36. The number of hydrogen-bond acceptors (Lipinski definition) is 5. The Morgan fingerprint density at radius 1 is 1.11 bits per heavy atom. The maximum absolute atomic E-state index is 12.6. The molecule has 2 fully saturated rings. The van der Waals surface area contributed by atoms with Crippen molar-refractivity contribution in [2.45, 2.75) is 64.5 Å². The monoisotopic (exact) mass is 393 g/mol. The normalized spacial score (nSPS) is 31.7. The number of carboxylic acids is 1. The minimum absolute atomic E-state index is 0.0217. The molecule has 0 aromatic rings. The van der Waals surface area contributed by atoms with E-state index in [0.717, 1.165) is 19.3 Å². The molecule has 5 atom stereocenters. The van der Waals surface area contributed by atoms with Gasteiger partial charge in [-0.25, -0.2) is 4.79 Å². The second kappa shape index (κ2) is 8.13. The number of carbonyl (C=O) groups is 3. The van der Waals surface area contributed by atoms with Gasteiger partial charge in [-0.05, 0) is 58.3 Å². The Morgan fingerprint density at radius 3 is 2.43 bits per heavy atom. The van der Waals surface area contributed by atoms with Gasteiger partial charge in [0.2, 0.25) is 0 Å². The average molecular weight is 393 g/mol. The Hall–Kier alpha value is -2.05. The summed E-state index contributed by atoms with van der Waals surface area (Å²) >= 11 is 0. The molecule has 156 valence electrons. The van der Waals surface area contributed by atoms with Gasteiger partial charge in [0.15, 0.2) is 0 Å². The highest BCUT2D eigenvalue weighted by Gasteiger charge is 2.52. The van der Waals surface area contributed by atoms with Gasteiger partial charge in [-0.15, -0.1) is 0 Å². The zero-order chi connectivity index (χ0) is 20.5. The molecule has 1 aliphatic heterocycles. The van der Waals surface area contributed by atoms with Crippen LogP contribution in [-0.4, -0.2) is 52.8 Å². The molecule has 5 unspecified atom stereocenters. The number of carboxylic acid groups (broad SMARTS) is 1. The molecule has 7 heteroatoms. The van der Waals surface area contributed by atoms with Crippen molar-refractivity contribution in [1.82, 2.24) is 4.90 Å². The van der Waals surface area contributed by atoms with E-state index < -0.39 is 29.4 Å². The number of likely N-dealkylation sites (tertiary alicyclic amines) is 1. The number of nitrogens with zero attached hydrogens (tertiary/aromatic N) is 1. The maximum atomic E-state index is 12.6. The number of fused-ring (bicyclic) bond motifs is 2. The van der Waals surface area contributed by atoms with Crippen molar-refractivity contribution in [3.8, 4) is 0 Å². The van der Waals surface area contributed by atoms with E-state index in [1.165, 1.54) is 0 Å². The van der Waals surface area contributed by atoms with Crippen LogP contribution in [0.1, 0.15) is 52.9 Å². The van der Waals surface area contributed by atoms with Crippen LogP contribution in [0.4, 0.5) is 4.79 Å². The van der Waals surface area contributed by atoms with Crippen LogP contribution < -0.4 is 0 Å². The van der Waals surface area contributed by atoms with Gasteiger partial charge in [-0.2, -0.15) is 0 Å². The fourth-order valence-electron chi connectivity index (χ4n) is 4.73. The Morgan fingerprint density at radius 2 is 1.79 bits per heavy atom. The topological polar surface area (TPSA) is 93.1 Å². The minimum Gasteiger partial charge on any atom is -0.481 e. The number of hydrogen-bond donors (Lipinski definition) is 1. The molecule has 3 rings (SSSR count). The number of carbonyl (C=O) groups excluding carboxylic acids is 2. The highest BCUT2D eigenvalue weighted by molar-refractivity contribution is 5.83. The molecule has 1 amide bonds. The third-order valence-electron chi connectivity index (χ3n) is 5.97. The second-order valence-corrected chi connectivity index (χ2v) is 9.12. The highest BCUT2D eigenvalue weighted by Crippen LogP contribution is 2.48. The predicted octanol–water partition coefficient (Wildman–Crippen LogP) is 3.23. The van der Waals surface area contributed by atoms with Crippen LogP contribution in [0.15, 0.2) is 12.2 Å². The fraction of sp³-hybridized carbons (Fsp3) is 0.762. The minimum atomic E-state index is -0.929. The Bertz CT molecular complexity index is 652. The van der Waals surface area contributed by atoms with E-state index in [9.17, 15) is 19.5 Å². The second-order valence-electron chi connectivity index (χ2n) is 9.12. The summed E-state index contributed by atoms with van der Waals surface area (Å²) in [5, 5.41) is 9.47. The standard InChI is InChI=1S/C21H31NO6/c1-21(2,3)28-20(26)22-10-5-4-6-15(22)9-11-27-19(25)17-14-8-7-13(12-14)16(17)18(23)24/h7-8,13-17H,4-6,9-12H2,1-3H3,(H,23,24). The van der Waals surface area contributed by atoms with Crippen molar-refractivity contribution in [2.75, 3.05) is 13.2 Å². The lowest BCUT2D eigenvalue weighted by Crippen LogP contribution is -2.46. The van der Waals surface area contributed by atoms with Gasteiger partial charge in [0.05, 0.1) is 18.4 Å². The highest BCUT2D eigenvalue weighted by atomic mass is 16.6. The smallest absolute Gasteiger partial charge is 0.410 e. The van der Waals surface area contributed by atoms with Crippen LogP contribution in [0.5, 0.6) is 0 Å². The van der Waals surface area contributed by atoms with Gasteiger partial charge in [0.25, 0.3) is 0 Å². The van der Waals surface area contributed by atoms with Gasteiger partial charge in [0, 0.05) is 19.0 Å². The Balaban J connectivity index is 1.53. The lowest BCUT2D eigenvalue weighted by molar-refractivity contribution is -0.158. The van der Waals surface area contributed by atoms with Gasteiger partial charge < -0.3 is 19.5 Å². The quantitative estimate of drug-likeness (QED) is 0.569. The predicted molar refractivity (Wildman–Crippen MR) is 102 cm³/mol. The van der Waals surface area contributed by atoms with Crippen molar-refractivity contribution in [3.63, 3.8) is 0 Å². The maximum Gasteiger partial charge on any atom is 0.410 e. The molecule has 1 heterocycles. The molecule has 1 N–H and O–H groups in total. The van der Waals surface area contributed by atoms with Gasteiger partial charge in [-0.3, -0.25) is 9.59 Å². The number of amides is 1. The molecule has 0 aromatic heterocycles. The van der Waals surface area contributed by atoms with Gasteiger partial charge >= 0.3 is 18.0 Å². The van der Waals surface area contributed by atoms with Crippen molar-refractivity contribution in [2.24, 2.45) is 23.7 Å². The lowest BCUT2D eigenvalue weighted by atomic mass is 9.83. The molecule has 0 spiro atoms. The molecule has 1 saturated carbocycles. The number of allylic oxidation sites excluding steroid dienone is 2. The summed E-state index contributed by atoms with van der Waals surface area (Å²) in [4.78, 5) is 38.3. The fourth-order valence-corrected chi connectivity index (χ4v) is 4.73. The third kappa shape index (κ3) is 4.50. The molecule has 2 bridgehead atoms. The molecule has 1 saturated heterocycles. The molecular formula is C21H31NO6.